The normalized spacial score (nSPS) is 17.1. The number of rotatable bonds is 1. The van der Waals surface area contributed by atoms with E-state index in [0.717, 1.165) is 42.1 Å². The van der Waals surface area contributed by atoms with Crippen molar-refractivity contribution in [1.29, 1.82) is 0 Å². The van der Waals surface area contributed by atoms with Crippen LogP contribution in [0.15, 0.2) is 30.3 Å². The zero-order chi connectivity index (χ0) is 23.4. The van der Waals surface area contributed by atoms with Crippen molar-refractivity contribution in [2.24, 2.45) is 5.41 Å². The van der Waals surface area contributed by atoms with E-state index >= 15 is 4.39 Å². The second-order valence-corrected chi connectivity index (χ2v) is 9.29. The first kappa shape index (κ1) is 21.0. The molecular formula is C26H23F2N5O. The van der Waals surface area contributed by atoms with E-state index in [4.69, 9.17) is 4.74 Å². The molecule has 34 heavy (non-hydrogen) atoms. The van der Waals surface area contributed by atoms with Crippen molar-refractivity contribution in [3.63, 3.8) is 0 Å². The molecule has 172 valence electrons. The van der Waals surface area contributed by atoms with Crippen molar-refractivity contribution in [2.45, 2.75) is 33.1 Å². The van der Waals surface area contributed by atoms with Crippen LogP contribution in [0.5, 0.6) is 0 Å². The van der Waals surface area contributed by atoms with Crippen LogP contribution in [-0.4, -0.2) is 39.3 Å². The molecule has 2 aliphatic rings. The summed E-state index contributed by atoms with van der Waals surface area (Å²) in [5, 5.41) is 8.40. The molecule has 6 rings (SSSR count). The molecule has 0 aliphatic carbocycles. The van der Waals surface area contributed by atoms with E-state index in [1.807, 2.05) is 23.1 Å². The third kappa shape index (κ3) is 3.23. The lowest BCUT2D eigenvalue weighted by Gasteiger charge is -2.32. The van der Waals surface area contributed by atoms with Gasteiger partial charge in [0.05, 0.1) is 29.5 Å². The molecule has 2 aromatic carbocycles. The quantitative estimate of drug-likeness (QED) is 0.386. The van der Waals surface area contributed by atoms with Gasteiger partial charge in [-0.2, -0.15) is 4.98 Å². The van der Waals surface area contributed by atoms with Crippen LogP contribution in [0.3, 0.4) is 0 Å². The lowest BCUT2D eigenvalue weighted by molar-refractivity contribution is -0.0648. The van der Waals surface area contributed by atoms with Gasteiger partial charge in [-0.25, -0.2) is 8.78 Å². The molecule has 0 spiro atoms. The van der Waals surface area contributed by atoms with Crippen LogP contribution in [0, 0.1) is 35.8 Å². The molecule has 6 nitrogen and oxygen atoms in total. The Kier molecular flexibility index (Phi) is 4.78. The third-order valence-electron chi connectivity index (χ3n) is 6.65. The number of aryl methyl sites for hydroxylation is 1. The van der Waals surface area contributed by atoms with Crippen molar-refractivity contribution in [3.05, 3.63) is 58.9 Å². The van der Waals surface area contributed by atoms with Gasteiger partial charge < -0.3 is 9.64 Å². The summed E-state index contributed by atoms with van der Waals surface area (Å²) >= 11 is 0. The van der Waals surface area contributed by atoms with Crippen LogP contribution in [0.2, 0.25) is 0 Å². The minimum absolute atomic E-state index is 0.123. The fraction of sp³-hybridized carbons (Fsp3) is 0.346. The Labute approximate surface area is 195 Å². The highest BCUT2D eigenvalue weighted by atomic mass is 19.2. The van der Waals surface area contributed by atoms with Gasteiger partial charge in [-0.1, -0.05) is 17.9 Å². The molecule has 4 heterocycles. The number of hydrogen-bond acceptors (Lipinski definition) is 5. The predicted molar refractivity (Wildman–Crippen MR) is 125 cm³/mol. The molecule has 2 aliphatic heterocycles. The molecule has 2 aromatic heterocycles. The average Bonchev–Trinajstić information content (AvgIpc) is 3.05. The van der Waals surface area contributed by atoms with E-state index in [1.54, 1.807) is 17.4 Å². The van der Waals surface area contributed by atoms with Crippen LogP contribution in [-0.2, 0) is 11.2 Å². The van der Waals surface area contributed by atoms with E-state index in [9.17, 15) is 4.39 Å². The Morgan fingerprint density at radius 3 is 2.74 bits per heavy atom. The van der Waals surface area contributed by atoms with E-state index in [2.05, 4.69) is 33.9 Å². The summed E-state index contributed by atoms with van der Waals surface area (Å²) < 4.78 is 36.7. The van der Waals surface area contributed by atoms with E-state index in [1.165, 1.54) is 0 Å². The molecule has 0 radical (unpaired) electrons. The van der Waals surface area contributed by atoms with Crippen LogP contribution in [0.1, 0.15) is 36.7 Å². The number of aromatic nitrogens is 4. The summed E-state index contributed by atoms with van der Waals surface area (Å²) in [6.07, 6.45) is 2.69. The van der Waals surface area contributed by atoms with E-state index in [0.29, 0.717) is 42.7 Å². The highest BCUT2D eigenvalue weighted by Crippen LogP contribution is 2.38. The van der Waals surface area contributed by atoms with Crippen molar-refractivity contribution in [1.82, 2.24) is 19.6 Å². The SMILES string of the molecule is Cc1nnc2nc(N3CCCCc4c(C#CC5(C)COC5)cccc43)c3c(F)c(F)ccc3n12. The Morgan fingerprint density at radius 1 is 1.09 bits per heavy atom. The number of hydrogen-bond donors (Lipinski definition) is 0. The molecule has 0 bridgehead atoms. The van der Waals surface area contributed by atoms with Crippen LogP contribution < -0.4 is 4.90 Å². The summed E-state index contributed by atoms with van der Waals surface area (Å²) in [4.78, 5) is 6.67. The van der Waals surface area contributed by atoms with Crippen LogP contribution in [0.25, 0.3) is 16.7 Å². The number of benzene rings is 2. The molecule has 4 aromatic rings. The maximum atomic E-state index is 15.3. The average molecular weight is 460 g/mol. The van der Waals surface area contributed by atoms with Gasteiger partial charge in [-0.3, -0.25) is 4.40 Å². The molecule has 1 fully saturated rings. The molecule has 0 amide bonds. The monoisotopic (exact) mass is 459 g/mol. The summed E-state index contributed by atoms with van der Waals surface area (Å²) in [5.74, 6) is 6.17. The smallest absolute Gasteiger partial charge is 0.257 e. The Bertz CT molecular complexity index is 1510. The fourth-order valence-corrected chi connectivity index (χ4v) is 4.81. The van der Waals surface area contributed by atoms with Crippen LogP contribution in [0.4, 0.5) is 20.3 Å². The number of halogens is 2. The number of anilines is 2. The van der Waals surface area contributed by atoms with Gasteiger partial charge in [0.2, 0.25) is 0 Å². The lowest BCUT2D eigenvalue weighted by Crippen LogP contribution is -2.38. The van der Waals surface area contributed by atoms with Gasteiger partial charge in [0.1, 0.15) is 11.6 Å². The topological polar surface area (TPSA) is 55.5 Å². The molecule has 1 saturated heterocycles. The first-order valence-corrected chi connectivity index (χ1v) is 11.4. The third-order valence-corrected chi connectivity index (χ3v) is 6.65. The standard InChI is InChI=1S/C26H23F2N5O/c1-16-30-31-25-29-24(22-21(33(16)25)10-9-19(27)23(22)28)32-13-4-3-7-18-17(6-5-8-20(18)32)11-12-26(2)14-34-15-26/h5-6,8-10H,3-4,7,13-15H2,1-2H3. The van der Waals surface area contributed by atoms with Crippen molar-refractivity contribution in [3.8, 4) is 11.8 Å². The number of nitrogens with zero attached hydrogens (tertiary/aromatic N) is 5. The van der Waals surface area contributed by atoms with Gasteiger partial charge in [0.25, 0.3) is 5.78 Å². The highest BCUT2D eigenvalue weighted by molar-refractivity contribution is 5.94. The zero-order valence-electron chi connectivity index (χ0n) is 19.0. The Hall–Kier alpha value is -3.57. The summed E-state index contributed by atoms with van der Waals surface area (Å²) in [7, 11) is 0. The van der Waals surface area contributed by atoms with Crippen LogP contribution >= 0.6 is 0 Å². The Balaban J connectivity index is 1.58. The highest BCUT2D eigenvalue weighted by Gasteiger charge is 2.31. The maximum Gasteiger partial charge on any atom is 0.257 e. The predicted octanol–water partition coefficient (Wildman–Crippen LogP) is 4.73. The first-order chi connectivity index (χ1) is 16.5. The van der Waals surface area contributed by atoms with Crippen molar-refractivity contribution in [2.75, 3.05) is 24.7 Å². The molecule has 0 unspecified atom stereocenters. The second-order valence-electron chi connectivity index (χ2n) is 9.29. The lowest BCUT2D eigenvalue weighted by atomic mass is 9.89. The summed E-state index contributed by atoms with van der Waals surface area (Å²) in [5.41, 5.74) is 3.33. The minimum atomic E-state index is -0.922. The molecule has 0 N–H and O–H groups in total. The van der Waals surface area contributed by atoms with Gasteiger partial charge in [0, 0.05) is 17.8 Å². The van der Waals surface area contributed by atoms with Crippen molar-refractivity contribution >= 4 is 28.2 Å². The molecular weight excluding hydrogens is 436 g/mol. The molecule has 8 heteroatoms. The summed E-state index contributed by atoms with van der Waals surface area (Å²) in [6, 6.07) is 8.68. The van der Waals surface area contributed by atoms with Gasteiger partial charge >= 0.3 is 0 Å². The van der Waals surface area contributed by atoms with E-state index in [-0.39, 0.29) is 10.8 Å². The zero-order valence-corrected chi connectivity index (χ0v) is 19.0. The van der Waals surface area contributed by atoms with Gasteiger partial charge in [0.15, 0.2) is 11.6 Å². The van der Waals surface area contributed by atoms with Gasteiger partial charge in [-0.05, 0) is 62.9 Å². The fourth-order valence-electron chi connectivity index (χ4n) is 4.81. The largest absolute Gasteiger partial charge is 0.378 e. The number of ether oxygens (including phenoxy) is 1. The molecule has 0 atom stereocenters. The number of fused-ring (bicyclic) bond motifs is 4. The Morgan fingerprint density at radius 2 is 1.94 bits per heavy atom. The minimum Gasteiger partial charge on any atom is -0.378 e. The van der Waals surface area contributed by atoms with Gasteiger partial charge in [-0.15, -0.1) is 10.2 Å². The first-order valence-electron chi connectivity index (χ1n) is 11.4. The van der Waals surface area contributed by atoms with Crippen molar-refractivity contribution < 1.29 is 13.5 Å². The second kappa shape index (κ2) is 7.74. The molecule has 0 saturated carbocycles. The summed E-state index contributed by atoms with van der Waals surface area (Å²) in [6.45, 7) is 5.76. The van der Waals surface area contributed by atoms with E-state index < -0.39 is 11.6 Å². The maximum absolute atomic E-state index is 15.3.